The standard InChI is InChI=1S/C39H38N2O8/c42-22-25-10-12-27(13-11-25)35-34(26-5-2-1-3-6-26)33(21-41-18-4-7-30(41)23-43)47-39(48-35)28-14-8-24(9-15-28)20-40-36(44)29-16-17-31-32(19-29)38(46)49-37(31)45/h1-3,5-6,8-17,19,30,33-35,39,42-43H,4,7,18,20-23H2,(H,40,44)/t30-,33+,34+,35-,39?/m0/s1. The molecular formula is C39H38N2O8. The number of cyclic esters (lactones) is 2. The van der Waals surface area contributed by atoms with E-state index in [-0.39, 0.29) is 66.5 Å². The SMILES string of the molecule is O=C(NCc1ccc(C2O[C@H](CN3CCC[C@H]3CO)[C@@H](c3ccccc3)[C@H](c3ccc(CO)cc3)O2)cc1)c1ccc2c(c1)C(=O)OC2=O. The van der Waals surface area contributed by atoms with Crippen LogP contribution in [-0.2, 0) is 27.4 Å². The number of carbonyl (C=O) groups is 3. The molecule has 3 N–H and O–H groups in total. The van der Waals surface area contributed by atoms with Gasteiger partial charge in [-0.3, -0.25) is 9.69 Å². The van der Waals surface area contributed by atoms with E-state index in [2.05, 4.69) is 27.1 Å². The molecule has 252 valence electrons. The van der Waals surface area contributed by atoms with E-state index >= 15 is 0 Å². The molecule has 4 aromatic carbocycles. The van der Waals surface area contributed by atoms with E-state index in [4.69, 9.17) is 9.47 Å². The van der Waals surface area contributed by atoms with Crippen LogP contribution >= 0.6 is 0 Å². The third kappa shape index (κ3) is 6.92. The monoisotopic (exact) mass is 662 g/mol. The number of fused-ring (bicyclic) bond motifs is 1. The maximum atomic E-state index is 12.9. The van der Waals surface area contributed by atoms with Gasteiger partial charge in [0.2, 0.25) is 0 Å². The van der Waals surface area contributed by atoms with E-state index in [1.54, 1.807) is 0 Å². The molecule has 3 aliphatic heterocycles. The summed E-state index contributed by atoms with van der Waals surface area (Å²) in [6, 6.07) is 30.1. The van der Waals surface area contributed by atoms with Gasteiger partial charge < -0.3 is 29.7 Å². The summed E-state index contributed by atoms with van der Waals surface area (Å²) < 4.78 is 18.3. The fraction of sp³-hybridized carbons (Fsp3) is 0.308. The van der Waals surface area contributed by atoms with Crippen molar-refractivity contribution in [1.29, 1.82) is 0 Å². The molecule has 2 saturated heterocycles. The Balaban J connectivity index is 1.12. The molecule has 0 spiro atoms. The smallest absolute Gasteiger partial charge is 0.346 e. The highest BCUT2D eigenvalue weighted by Crippen LogP contribution is 2.47. The topological polar surface area (TPSA) is 135 Å². The highest BCUT2D eigenvalue weighted by molar-refractivity contribution is 6.15. The Bertz CT molecular complexity index is 1810. The van der Waals surface area contributed by atoms with Crippen molar-refractivity contribution < 1.29 is 38.8 Å². The maximum absolute atomic E-state index is 12.9. The predicted molar refractivity (Wildman–Crippen MR) is 178 cm³/mol. The van der Waals surface area contributed by atoms with Crippen LogP contribution in [0.5, 0.6) is 0 Å². The van der Waals surface area contributed by atoms with Gasteiger partial charge in [-0.2, -0.15) is 0 Å². The summed E-state index contributed by atoms with van der Waals surface area (Å²) in [5.74, 6) is -1.99. The zero-order chi connectivity index (χ0) is 33.9. The summed E-state index contributed by atoms with van der Waals surface area (Å²) in [6.07, 6.45) is 0.682. The molecular weight excluding hydrogens is 624 g/mol. The van der Waals surface area contributed by atoms with Gasteiger partial charge in [-0.1, -0.05) is 78.9 Å². The highest BCUT2D eigenvalue weighted by atomic mass is 16.7. The van der Waals surface area contributed by atoms with Crippen molar-refractivity contribution in [3.05, 3.63) is 142 Å². The van der Waals surface area contributed by atoms with Crippen molar-refractivity contribution >= 4 is 17.8 Å². The second-order valence-electron chi connectivity index (χ2n) is 12.7. The van der Waals surface area contributed by atoms with E-state index in [0.29, 0.717) is 6.54 Å². The Morgan fingerprint density at radius 3 is 2.24 bits per heavy atom. The van der Waals surface area contributed by atoms with E-state index < -0.39 is 18.2 Å². The summed E-state index contributed by atoms with van der Waals surface area (Å²) in [6.45, 7) is 1.82. The Kier molecular flexibility index (Phi) is 9.65. The number of esters is 2. The van der Waals surface area contributed by atoms with Crippen LogP contribution in [0.4, 0.5) is 0 Å². The number of ether oxygens (including phenoxy) is 3. The molecule has 1 amide bonds. The fourth-order valence-corrected chi connectivity index (χ4v) is 7.04. The zero-order valence-corrected chi connectivity index (χ0v) is 26.9. The first-order valence-electron chi connectivity index (χ1n) is 16.6. The molecule has 2 fully saturated rings. The van der Waals surface area contributed by atoms with E-state index in [1.807, 2.05) is 66.7 Å². The van der Waals surface area contributed by atoms with Crippen molar-refractivity contribution in [2.75, 3.05) is 19.7 Å². The molecule has 10 heteroatoms. The van der Waals surface area contributed by atoms with Gasteiger partial charge in [0.1, 0.15) is 0 Å². The second-order valence-corrected chi connectivity index (χ2v) is 12.7. The largest absolute Gasteiger partial charge is 0.395 e. The number of hydrogen-bond acceptors (Lipinski definition) is 9. The Labute approximate surface area is 284 Å². The first kappa shape index (κ1) is 32.8. The van der Waals surface area contributed by atoms with Gasteiger partial charge in [-0.05, 0) is 59.8 Å². The van der Waals surface area contributed by atoms with Crippen LogP contribution in [0.25, 0.3) is 0 Å². The molecule has 0 aliphatic carbocycles. The highest BCUT2D eigenvalue weighted by Gasteiger charge is 2.43. The molecule has 10 nitrogen and oxygen atoms in total. The number of benzene rings is 4. The van der Waals surface area contributed by atoms with Gasteiger partial charge in [-0.15, -0.1) is 0 Å². The molecule has 0 bridgehead atoms. The first-order chi connectivity index (χ1) is 23.9. The van der Waals surface area contributed by atoms with E-state index in [1.165, 1.54) is 18.2 Å². The number of hydrogen-bond donors (Lipinski definition) is 3. The van der Waals surface area contributed by atoms with Crippen LogP contribution in [0, 0.1) is 0 Å². The number of nitrogens with one attached hydrogen (secondary N) is 1. The number of aliphatic hydroxyl groups excluding tert-OH is 2. The number of rotatable bonds is 10. The molecule has 1 unspecified atom stereocenters. The Hall–Kier alpha value is -4.71. The summed E-state index contributed by atoms with van der Waals surface area (Å²) in [5, 5.41) is 22.6. The molecule has 0 radical (unpaired) electrons. The van der Waals surface area contributed by atoms with Gasteiger partial charge in [0.05, 0.1) is 36.5 Å². The van der Waals surface area contributed by atoms with Crippen LogP contribution in [0.3, 0.4) is 0 Å². The van der Waals surface area contributed by atoms with Gasteiger partial charge in [0.25, 0.3) is 5.91 Å². The summed E-state index contributed by atoms with van der Waals surface area (Å²) in [5.41, 5.74) is 5.06. The van der Waals surface area contributed by atoms with Crippen LogP contribution in [0.15, 0.2) is 97.1 Å². The van der Waals surface area contributed by atoms with Gasteiger partial charge in [-0.25, -0.2) is 9.59 Å². The zero-order valence-electron chi connectivity index (χ0n) is 26.9. The minimum Gasteiger partial charge on any atom is -0.395 e. The molecule has 0 aromatic heterocycles. The summed E-state index contributed by atoms with van der Waals surface area (Å²) in [4.78, 5) is 38.9. The number of carbonyl (C=O) groups excluding carboxylic acids is 3. The molecule has 0 saturated carbocycles. The van der Waals surface area contributed by atoms with Gasteiger partial charge in [0.15, 0.2) is 6.29 Å². The number of likely N-dealkylation sites (tertiary alicyclic amines) is 1. The van der Waals surface area contributed by atoms with Crippen molar-refractivity contribution in [1.82, 2.24) is 10.2 Å². The Morgan fingerprint density at radius 2 is 1.51 bits per heavy atom. The van der Waals surface area contributed by atoms with Crippen molar-refractivity contribution in [2.45, 2.75) is 56.5 Å². The van der Waals surface area contributed by atoms with Crippen LogP contribution in [-0.4, -0.2) is 64.8 Å². The van der Waals surface area contributed by atoms with Crippen LogP contribution in [0.2, 0.25) is 0 Å². The normalized spacial score (nSPS) is 23.7. The average molecular weight is 663 g/mol. The van der Waals surface area contributed by atoms with Crippen LogP contribution in [0.1, 0.15) is 90.0 Å². The van der Waals surface area contributed by atoms with E-state index in [0.717, 1.165) is 47.2 Å². The second kappa shape index (κ2) is 14.4. The molecule has 3 heterocycles. The maximum Gasteiger partial charge on any atom is 0.346 e. The van der Waals surface area contributed by atoms with Gasteiger partial charge >= 0.3 is 11.9 Å². The van der Waals surface area contributed by atoms with Crippen molar-refractivity contribution in [2.24, 2.45) is 0 Å². The molecule has 5 atom stereocenters. The van der Waals surface area contributed by atoms with Crippen LogP contribution < -0.4 is 5.32 Å². The number of nitrogens with zero attached hydrogens (tertiary/aromatic N) is 1. The van der Waals surface area contributed by atoms with Crippen molar-refractivity contribution in [3.8, 4) is 0 Å². The average Bonchev–Trinajstić information content (AvgIpc) is 3.72. The number of aliphatic hydroxyl groups is 2. The molecule has 4 aromatic rings. The third-order valence-electron chi connectivity index (χ3n) is 9.71. The fourth-order valence-electron chi connectivity index (χ4n) is 7.04. The number of amides is 1. The lowest BCUT2D eigenvalue weighted by molar-refractivity contribution is -0.264. The molecule has 3 aliphatic rings. The molecule has 49 heavy (non-hydrogen) atoms. The van der Waals surface area contributed by atoms with E-state index in [9.17, 15) is 24.6 Å². The quantitative estimate of drug-likeness (QED) is 0.162. The summed E-state index contributed by atoms with van der Waals surface area (Å²) in [7, 11) is 0. The predicted octanol–water partition coefficient (Wildman–Crippen LogP) is 4.82. The Morgan fingerprint density at radius 1 is 0.796 bits per heavy atom. The minimum absolute atomic E-state index is 0.0461. The third-order valence-corrected chi connectivity index (χ3v) is 9.71. The van der Waals surface area contributed by atoms with Crippen molar-refractivity contribution in [3.63, 3.8) is 0 Å². The molecule has 7 rings (SSSR count). The first-order valence-corrected chi connectivity index (χ1v) is 16.6. The lowest BCUT2D eigenvalue weighted by atomic mass is 9.83. The lowest BCUT2D eigenvalue weighted by Gasteiger charge is -2.44. The minimum atomic E-state index is -0.757. The lowest BCUT2D eigenvalue weighted by Crippen LogP contribution is -2.46. The van der Waals surface area contributed by atoms with Gasteiger partial charge in [0, 0.05) is 36.2 Å². The summed E-state index contributed by atoms with van der Waals surface area (Å²) >= 11 is 0.